The van der Waals surface area contributed by atoms with Crippen LogP contribution in [0.15, 0.2) is 21.9 Å². The van der Waals surface area contributed by atoms with Gasteiger partial charge in [0.1, 0.15) is 18.3 Å². The van der Waals surface area contributed by atoms with E-state index < -0.39 is 50.2 Å². The molecule has 0 spiro atoms. The zero-order valence-electron chi connectivity index (χ0n) is 10.4. The molecule has 2 rings (SSSR count). The SMILES string of the molecule is O=c1ccn([C@@H]2O[C@@H](COP(=O)(O)O)[C@H](O)[C@@H]2O)c(=O)[nH]1. The van der Waals surface area contributed by atoms with Crippen LogP contribution in [0.3, 0.4) is 0 Å². The Hall–Kier alpha value is -1.33. The molecule has 1 aromatic heterocycles. The number of ether oxygens (including phenoxy) is 1. The summed E-state index contributed by atoms with van der Waals surface area (Å²) in [7, 11) is -4.76. The van der Waals surface area contributed by atoms with E-state index in [2.05, 4.69) is 4.52 Å². The average Bonchev–Trinajstić information content (AvgIpc) is 2.64. The third kappa shape index (κ3) is 3.66. The molecular weight excluding hydrogens is 311 g/mol. The third-order valence-electron chi connectivity index (χ3n) is 2.87. The van der Waals surface area contributed by atoms with Gasteiger partial charge in [0.15, 0.2) is 6.23 Å². The van der Waals surface area contributed by atoms with Gasteiger partial charge in [0.25, 0.3) is 5.56 Å². The van der Waals surface area contributed by atoms with Crippen molar-refractivity contribution in [2.75, 3.05) is 6.61 Å². The Morgan fingerprint density at radius 1 is 1.33 bits per heavy atom. The maximum absolute atomic E-state index is 11.6. The molecule has 21 heavy (non-hydrogen) atoms. The van der Waals surface area contributed by atoms with Crippen molar-refractivity contribution in [3.05, 3.63) is 33.1 Å². The van der Waals surface area contributed by atoms with Crippen LogP contribution in [0.2, 0.25) is 0 Å². The number of aromatic nitrogens is 2. The van der Waals surface area contributed by atoms with Gasteiger partial charge in [0, 0.05) is 12.3 Å². The Balaban J connectivity index is 2.18. The Bertz CT molecular complexity index is 664. The normalized spacial score (nSPS) is 29.7. The van der Waals surface area contributed by atoms with E-state index in [9.17, 15) is 24.4 Å². The highest BCUT2D eigenvalue weighted by molar-refractivity contribution is 7.46. The molecule has 0 aliphatic carbocycles. The molecule has 11 nitrogen and oxygen atoms in total. The molecule has 1 aliphatic heterocycles. The van der Waals surface area contributed by atoms with Gasteiger partial charge in [0.2, 0.25) is 0 Å². The minimum Gasteiger partial charge on any atom is -0.387 e. The van der Waals surface area contributed by atoms with E-state index in [1.54, 1.807) is 0 Å². The van der Waals surface area contributed by atoms with Gasteiger partial charge in [-0.2, -0.15) is 0 Å². The Morgan fingerprint density at radius 3 is 2.57 bits per heavy atom. The number of H-pyrrole nitrogens is 1. The van der Waals surface area contributed by atoms with Crippen LogP contribution in [0.4, 0.5) is 0 Å². The zero-order chi connectivity index (χ0) is 15.8. The maximum Gasteiger partial charge on any atom is 0.469 e. The summed E-state index contributed by atoms with van der Waals surface area (Å²) in [4.78, 5) is 41.6. The summed E-state index contributed by atoms with van der Waals surface area (Å²) < 4.78 is 20.8. The van der Waals surface area contributed by atoms with Crippen LogP contribution < -0.4 is 11.2 Å². The lowest BCUT2D eigenvalue weighted by molar-refractivity contribution is -0.0543. The summed E-state index contributed by atoms with van der Waals surface area (Å²) in [6.07, 6.45) is -4.58. The van der Waals surface area contributed by atoms with Gasteiger partial charge in [-0.25, -0.2) is 9.36 Å². The Kier molecular flexibility index (Phi) is 4.44. The van der Waals surface area contributed by atoms with Crippen molar-refractivity contribution in [1.29, 1.82) is 0 Å². The topological polar surface area (TPSA) is 171 Å². The minimum absolute atomic E-state index is 0.648. The molecule has 12 heteroatoms. The monoisotopic (exact) mass is 324 g/mol. The van der Waals surface area contributed by atoms with Crippen molar-refractivity contribution in [2.24, 2.45) is 0 Å². The second kappa shape index (κ2) is 5.81. The molecule has 0 radical (unpaired) electrons. The number of hydrogen-bond donors (Lipinski definition) is 5. The fourth-order valence-electron chi connectivity index (χ4n) is 1.89. The van der Waals surface area contributed by atoms with Crippen molar-refractivity contribution in [1.82, 2.24) is 9.55 Å². The first-order valence-corrected chi connectivity index (χ1v) is 7.25. The van der Waals surface area contributed by atoms with Crippen molar-refractivity contribution in [3.63, 3.8) is 0 Å². The second-order valence-electron chi connectivity index (χ2n) is 4.35. The highest BCUT2D eigenvalue weighted by Gasteiger charge is 2.44. The van der Waals surface area contributed by atoms with E-state index in [-0.39, 0.29) is 0 Å². The van der Waals surface area contributed by atoms with Crippen LogP contribution in [-0.4, -0.2) is 54.5 Å². The van der Waals surface area contributed by atoms with Crippen LogP contribution in [0.5, 0.6) is 0 Å². The van der Waals surface area contributed by atoms with Gasteiger partial charge in [-0.15, -0.1) is 0 Å². The number of rotatable bonds is 4. The standard InChI is InChI=1S/C9H13N2O9P/c12-5-1-2-11(9(15)10-5)8-7(14)6(13)4(20-8)3-19-21(16,17)18/h1-2,4,6-8,13-14H,3H2,(H,10,12,15)(H2,16,17,18)/t4-,6-,7-,8+/m0/s1. The molecule has 2 heterocycles. The van der Waals surface area contributed by atoms with Gasteiger partial charge >= 0.3 is 13.5 Å². The number of hydrogen-bond acceptors (Lipinski definition) is 7. The number of aliphatic hydroxyl groups excluding tert-OH is 2. The highest BCUT2D eigenvalue weighted by Crippen LogP contribution is 2.38. The predicted molar refractivity (Wildman–Crippen MR) is 65.2 cm³/mol. The van der Waals surface area contributed by atoms with Crippen LogP contribution in [0.1, 0.15) is 6.23 Å². The van der Waals surface area contributed by atoms with Gasteiger partial charge in [-0.3, -0.25) is 18.9 Å². The fourth-order valence-corrected chi connectivity index (χ4v) is 2.24. The van der Waals surface area contributed by atoms with Crippen LogP contribution in [0, 0.1) is 0 Å². The molecule has 4 atom stereocenters. The van der Waals surface area contributed by atoms with Crippen molar-refractivity contribution >= 4 is 7.82 Å². The first kappa shape index (κ1) is 16.0. The fraction of sp³-hybridized carbons (Fsp3) is 0.556. The van der Waals surface area contributed by atoms with E-state index in [4.69, 9.17) is 14.5 Å². The van der Waals surface area contributed by atoms with Gasteiger partial charge in [-0.1, -0.05) is 0 Å². The summed E-state index contributed by atoms with van der Waals surface area (Å²) in [6.45, 7) is -0.683. The lowest BCUT2D eigenvalue weighted by Gasteiger charge is -2.16. The second-order valence-corrected chi connectivity index (χ2v) is 5.59. The number of aromatic amines is 1. The lowest BCUT2D eigenvalue weighted by atomic mass is 10.1. The molecule has 0 bridgehead atoms. The number of nitrogens with one attached hydrogen (secondary N) is 1. The summed E-state index contributed by atoms with van der Waals surface area (Å²) in [5, 5.41) is 19.6. The highest BCUT2D eigenvalue weighted by atomic mass is 31.2. The average molecular weight is 324 g/mol. The van der Waals surface area contributed by atoms with E-state index >= 15 is 0 Å². The molecule has 0 amide bonds. The molecule has 5 N–H and O–H groups in total. The quantitative estimate of drug-likeness (QED) is 0.368. The maximum atomic E-state index is 11.6. The number of phosphoric ester groups is 1. The predicted octanol–water partition coefficient (Wildman–Crippen LogP) is -2.73. The summed E-state index contributed by atoms with van der Waals surface area (Å²) in [6, 6.07) is 1.02. The van der Waals surface area contributed by atoms with Gasteiger partial charge in [-0.05, 0) is 0 Å². The van der Waals surface area contributed by atoms with Crippen molar-refractivity contribution in [2.45, 2.75) is 24.5 Å². The summed E-state index contributed by atoms with van der Waals surface area (Å²) >= 11 is 0. The van der Waals surface area contributed by atoms with Crippen LogP contribution in [0.25, 0.3) is 0 Å². The number of phosphoric acid groups is 1. The van der Waals surface area contributed by atoms with Crippen molar-refractivity contribution < 1.29 is 33.8 Å². The lowest BCUT2D eigenvalue weighted by Crippen LogP contribution is -2.37. The summed E-state index contributed by atoms with van der Waals surface area (Å²) in [5.74, 6) is 0. The molecule has 0 unspecified atom stereocenters. The molecule has 0 saturated carbocycles. The number of aliphatic hydroxyl groups is 2. The van der Waals surface area contributed by atoms with Crippen molar-refractivity contribution in [3.8, 4) is 0 Å². The molecule has 1 aromatic rings. The molecular formula is C9H13N2O9P. The Morgan fingerprint density at radius 2 is 2.00 bits per heavy atom. The molecule has 1 fully saturated rings. The van der Waals surface area contributed by atoms with Gasteiger partial charge in [0.05, 0.1) is 6.61 Å². The van der Waals surface area contributed by atoms with E-state index in [1.807, 2.05) is 4.98 Å². The molecule has 1 saturated heterocycles. The largest absolute Gasteiger partial charge is 0.469 e. The molecule has 1 aliphatic rings. The molecule has 118 valence electrons. The van der Waals surface area contributed by atoms with Crippen LogP contribution >= 0.6 is 7.82 Å². The Labute approximate surface area is 116 Å². The van der Waals surface area contributed by atoms with E-state index in [0.717, 1.165) is 16.8 Å². The first-order chi connectivity index (χ1) is 9.69. The smallest absolute Gasteiger partial charge is 0.387 e. The van der Waals surface area contributed by atoms with E-state index in [0.29, 0.717) is 0 Å². The summed E-state index contributed by atoms with van der Waals surface area (Å²) in [5.41, 5.74) is -1.51. The number of nitrogens with zero attached hydrogens (tertiary/aromatic N) is 1. The third-order valence-corrected chi connectivity index (χ3v) is 3.35. The van der Waals surface area contributed by atoms with E-state index in [1.165, 1.54) is 0 Å². The minimum atomic E-state index is -4.76. The first-order valence-electron chi connectivity index (χ1n) is 5.72. The molecule has 0 aromatic carbocycles. The van der Waals surface area contributed by atoms with Crippen LogP contribution in [-0.2, 0) is 13.8 Å². The van der Waals surface area contributed by atoms with Gasteiger partial charge < -0.3 is 24.7 Å². The zero-order valence-corrected chi connectivity index (χ0v) is 11.3.